The molecule has 0 unspecified atom stereocenters. The van der Waals surface area contributed by atoms with Crippen molar-refractivity contribution in [3.8, 4) is 0 Å². The van der Waals surface area contributed by atoms with E-state index in [2.05, 4.69) is 21.6 Å². The average molecular weight is 421 g/mol. The third-order valence-corrected chi connectivity index (χ3v) is 7.82. The summed E-state index contributed by atoms with van der Waals surface area (Å²) < 4.78 is 31.4. The molecule has 150 valence electrons. The van der Waals surface area contributed by atoms with Gasteiger partial charge in [0.2, 0.25) is 10.0 Å². The van der Waals surface area contributed by atoms with Crippen LogP contribution in [0.25, 0.3) is 11.0 Å². The van der Waals surface area contributed by atoms with Crippen LogP contribution in [0.4, 0.5) is 0 Å². The Kier molecular flexibility index (Phi) is 5.70. The maximum absolute atomic E-state index is 13.0. The van der Waals surface area contributed by atoms with Gasteiger partial charge in [0.25, 0.3) is 0 Å². The predicted octanol–water partition coefficient (Wildman–Crippen LogP) is 2.61. The van der Waals surface area contributed by atoms with Crippen LogP contribution in [0.3, 0.4) is 0 Å². The zero-order valence-corrected chi connectivity index (χ0v) is 17.5. The van der Waals surface area contributed by atoms with Crippen LogP contribution in [0.1, 0.15) is 26.2 Å². The van der Waals surface area contributed by atoms with E-state index in [1.165, 1.54) is 6.33 Å². The number of rotatable bonds is 7. The maximum atomic E-state index is 13.0. The summed E-state index contributed by atoms with van der Waals surface area (Å²) in [7, 11) is -3.45. The lowest BCUT2D eigenvalue weighted by molar-refractivity contribution is 0.346. The minimum atomic E-state index is -3.45. The number of aromatic nitrogens is 5. The van der Waals surface area contributed by atoms with Gasteiger partial charge in [0.05, 0.1) is 22.5 Å². The van der Waals surface area contributed by atoms with E-state index in [-0.39, 0.29) is 0 Å². The molecule has 0 atom stereocenters. The highest BCUT2D eigenvalue weighted by Crippen LogP contribution is 2.28. The van der Waals surface area contributed by atoms with E-state index in [0.29, 0.717) is 18.0 Å². The van der Waals surface area contributed by atoms with E-state index < -0.39 is 10.0 Å². The molecule has 2 aromatic heterocycles. The van der Waals surface area contributed by atoms with Crippen molar-refractivity contribution in [2.45, 2.75) is 49.3 Å². The normalized spacial score (nSPS) is 16.0. The zero-order chi connectivity index (χ0) is 19.6. The molecule has 4 rings (SSSR count). The van der Waals surface area contributed by atoms with E-state index in [4.69, 9.17) is 4.98 Å². The Bertz CT molecular complexity index is 1040. The van der Waals surface area contributed by atoms with Gasteiger partial charge in [-0.05, 0) is 38.0 Å². The first kappa shape index (κ1) is 19.4. The number of sulfonamides is 1. The second-order valence-electron chi connectivity index (χ2n) is 6.76. The van der Waals surface area contributed by atoms with E-state index in [1.807, 2.05) is 6.07 Å². The van der Waals surface area contributed by atoms with Crippen LogP contribution in [0, 0.1) is 0 Å². The van der Waals surface area contributed by atoms with Gasteiger partial charge >= 0.3 is 0 Å². The van der Waals surface area contributed by atoms with Gasteiger partial charge < -0.3 is 4.57 Å². The molecule has 3 aromatic rings. The largest absolute Gasteiger partial charge is 0.319 e. The summed E-state index contributed by atoms with van der Waals surface area (Å²) >= 11 is 1.64. The molecule has 1 aliphatic rings. The summed E-state index contributed by atoms with van der Waals surface area (Å²) in [5.74, 6) is 0.811. The summed E-state index contributed by atoms with van der Waals surface area (Å²) in [5.41, 5.74) is 1.69. The van der Waals surface area contributed by atoms with Crippen LogP contribution in [0.15, 0.2) is 40.9 Å². The van der Waals surface area contributed by atoms with Gasteiger partial charge in [-0.2, -0.15) is 9.40 Å². The number of aryl methyl sites for hydroxylation is 2. The molecule has 1 fully saturated rings. The molecule has 8 nitrogen and oxygen atoms in total. The van der Waals surface area contributed by atoms with Crippen molar-refractivity contribution in [2.24, 2.45) is 0 Å². The lowest BCUT2D eigenvalue weighted by Crippen LogP contribution is -2.35. The van der Waals surface area contributed by atoms with Gasteiger partial charge in [-0.15, -0.1) is 0 Å². The number of hydrogen-bond donors (Lipinski definition) is 0. The molecule has 3 heterocycles. The standard InChI is InChI=1S/C18H24N6O2S2/c1-2-24-17-7-6-15(28(25,26)23-8-4-3-5-9-23)12-16(17)21-18(24)27-11-10-22-14-19-13-20-22/h6-7,12-14H,2-5,8-11H2,1H3. The molecule has 0 radical (unpaired) electrons. The molecule has 10 heteroatoms. The number of fused-ring (bicyclic) bond motifs is 1. The van der Waals surface area contributed by atoms with E-state index in [9.17, 15) is 8.42 Å². The minimum Gasteiger partial charge on any atom is -0.319 e. The topological polar surface area (TPSA) is 85.9 Å². The van der Waals surface area contributed by atoms with Crippen molar-refractivity contribution in [1.82, 2.24) is 28.6 Å². The molecule has 0 amide bonds. The quantitative estimate of drug-likeness (QED) is 0.546. The minimum absolute atomic E-state index is 0.335. The zero-order valence-electron chi connectivity index (χ0n) is 15.9. The summed E-state index contributed by atoms with van der Waals surface area (Å²) in [6, 6.07) is 5.31. The molecule has 28 heavy (non-hydrogen) atoms. The van der Waals surface area contributed by atoms with Crippen molar-refractivity contribution >= 4 is 32.8 Å². The maximum Gasteiger partial charge on any atom is 0.243 e. The second-order valence-corrected chi connectivity index (χ2v) is 9.76. The first-order chi connectivity index (χ1) is 13.6. The fourth-order valence-electron chi connectivity index (χ4n) is 3.50. The van der Waals surface area contributed by atoms with Crippen LogP contribution in [0.5, 0.6) is 0 Å². The third kappa shape index (κ3) is 3.81. The number of imidazole rings is 1. The Labute approximate surface area is 169 Å². The summed E-state index contributed by atoms with van der Waals surface area (Å²) in [4.78, 5) is 9.00. The highest BCUT2D eigenvalue weighted by molar-refractivity contribution is 7.99. The van der Waals surface area contributed by atoms with Crippen molar-refractivity contribution in [1.29, 1.82) is 0 Å². The molecule has 1 aliphatic heterocycles. The molecule has 0 saturated carbocycles. The summed E-state index contributed by atoms with van der Waals surface area (Å²) in [6.45, 7) is 4.80. The van der Waals surface area contributed by atoms with Crippen LogP contribution < -0.4 is 0 Å². The first-order valence-electron chi connectivity index (χ1n) is 9.55. The van der Waals surface area contributed by atoms with Gasteiger partial charge in [0.1, 0.15) is 12.7 Å². The van der Waals surface area contributed by atoms with E-state index >= 15 is 0 Å². The fourth-order valence-corrected chi connectivity index (χ4v) is 6.04. The second kappa shape index (κ2) is 8.22. The molecular weight excluding hydrogens is 396 g/mol. The lowest BCUT2D eigenvalue weighted by atomic mass is 10.2. The Hall–Kier alpha value is -1.91. The molecule has 0 spiro atoms. The Balaban J connectivity index is 1.58. The van der Waals surface area contributed by atoms with Crippen molar-refractivity contribution < 1.29 is 8.42 Å². The van der Waals surface area contributed by atoms with Crippen molar-refractivity contribution in [3.63, 3.8) is 0 Å². The van der Waals surface area contributed by atoms with Gasteiger partial charge in [0, 0.05) is 25.4 Å². The average Bonchev–Trinajstić information content (AvgIpc) is 3.35. The molecule has 1 aromatic carbocycles. The number of benzene rings is 1. The van der Waals surface area contributed by atoms with E-state index in [0.717, 1.165) is 54.3 Å². The Morgan fingerprint density at radius 1 is 1.18 bits per heavy atom. The predicted molar refractivity (Wildman–Crippen MR) is 109 cm³/mol. The molecular formula is C18H24N6O2S2. The molecule has 1 saturated heterocycles. The van der Waals surface area contributed by atoms with Gasteiger partial charge in [0.15, 0.2) is 5.16 Å². The third-order valence-electron chi connectivity index (χ3n) is 4.97. The fraction of sp³-hybridized carbons (Fsp3) is 0.500. The smallest absolute Gasteiger partial charge is 0.243 e. The van der Waals surface area contributed by atoms with Gasteiger partial charge in [-0.3, -0.25) is 4.68 Å². The van der Waals surface area contributed by atoms with Crippen LogP contribution in [-0.4, -0.2) is 55.9 Å². The molecule has 0 N–H and O–H groups in total. The Morgan fingerprint density at radius 2 is 2.00 bits per heavy atom. The van der Waals surface area contributed by atoms with E-state index in [1.54, 1.807) is 39.2 Å². The summed E-state index contributed by atoms with van der Waals surface area (Å²) in [5, 5.41) is 5.00. The van der Waals surface area contributed by atoms with Crippen LogP contribution in [0.2, 0.25) is 0 Å². The molecule has 0 bridgehead atoms. The van der Waals surface area contributed by atoms with Crippen molar-refractivity contribution in [3.05, 3.63) is 30.9 Å². The highest BCUT2D eigenvalue weighted by Gasteiger charge is 2.26. The number of thioether (sulfide) groups is 1. The summed E-state index contributed by atoms with van der Waals surface area (Å²) in [6.07, 6.45) is 6.18. The first-order valence-corrected chi connectivity index (χ1v) is 12.0. The van der Waals surface area contributed by atoms with Gasteiger partial charge in [-0.1, -0.05) is 18.2 Å². The molecule has 0 aliphatic carbocycles. The number of piperidine rings is 1. The van der Waals surface area contributed by atoms with Crippen LogP contribution in [-0.2, 0) is 23.1 Å². The lowest BCUT2D eigenvalue weighted by Gasteiger charge is -2.25. The SMILES string of the molecule is CCn1c(SCCn2cncn2)nc2cc(S(=O)(=O)N3CCCCC3)ccc21. The number of nitrogens with zero attached hydrogens (tertiary/aromatic N) is 6. The van der Waals surface area contributed by atoms with Crippen LogP contribution >= 0.6 is 11.8 Å². The van der Waals surface area contributed by atoms with Crippen molar-refractivity contribution in [2.75, 3.05) is 18.8 Å². The van der Waals surface area contributed by atoms with Gasteiger partial charge in [-0.25, -0.2) is 18.4 Å². The monoisotopic (exact) mass is 420 g/mol. The number of hydrogen-bond acceptors (Lipinski definition) is 6. The highest BCUT2D eigenvalue weighted by atomic mass is 32.2. The Morgan fingerprint density at radius 3 is 2.71 bits per heavy atom.